The fourth-order valence-corrected chi connectivity index (χ4v) is 2.37. The number of carbonyl (C=O) groups is 1. The largest absolute Gasteiger partial charge is 0.385 e. The number of carbonyl (C=O) groups excluding carboxylic acids is 1. The lowest BCUT2D eigenvalue weighted by Crippen LogP contribution is -2.17. The summed E-state index contributed by atoms with van der Waals surface area (Å²) in [6, 6.07) is 0. The van der Waals surface area contributed by atoms with Crippen molar-refractivity contribution in [3.8, 4) is 0 Å². The molecule has 19 heavy (non-hydrogen) atoms. The quantitative estimate of drug-likeness (QED) is 0.694. The van der Waals surface area contributed by atoms with Crippen LogP contribution < -0.4 is 5.73 Å². The third-order valence-corrected chi connectivity index (χ3v) is 3.22. The Bertz CT molecular complexity index is 427. The van der Waals surface area contributed by atoms with Crippen LogP contribution >= 0.6 is 0 Å². The molecule has 1 aliphatic rings. The van der Waals surface area contributed by atoms with Crippen LogP contribution in [0.3, 0.4) is 0 Å². The highest BCUT2D eigenvalue weighted by Gasteiger charge is 2.26. The molecule has 1 atom stereocenters. The number of hydrogen-bond acceptors (Lipinski definition) is 5. The molecule has 0 radical (unpaired) electrons. The van der Waals surface area contributed by atoms with Gasteiger partial charge in [-0.3, -0.25) is 4.79 Å². The van der Waals surface area contributed by atoms with Gasteiger partial charge < -0.3 is 15.2 Å². The summed E-state index contributed by atoms with van der Waals surface area (Å²) in [5.74, 6) is -0.129. The normalized spacial score (nSPS) is 18.9. The van der Waals surface area contributed by atoms with Gasteiger partial charge in [0.05, 0.1) is 24.4 Å². The maximum absolute atomic E-state index is 11.1. The number of aryl methyl sites for hydroxylation is 1. The number of hydrogen-bond donors (Lipinski definition) is 1. The van der Waals surface area contributed by atoms with E-state index >= 15 is 0 Å². The first-order valence-corrected chi connectivity index (χ1v) is 6.49. The number of rotatable bonds is 7. The van der Waals surface area contributed by atoms with Gasteiger partial charge in [0.2, 0.25) is 5.91 Å². The molecule has 1 saturated heterocycles. The number of primary amides is 1. The van der Waals surface area contributed by atoms with E-state index < -0.39 is 0 Å². The molecule has 7 nitrogen and oxygen atoms in total. The van der Waals surface area contributed by atoms with E-state index in [9.17, 15) is 4.79 Å². The molecule has 1 aromatic rings. The van der Waals surface area contributed by atoms with Crippen LogP contribution in [0, 0.1) is 0 Å². The second-order valence-electron chi connectivity index (χ2n) is 4.69. The van der Waals surface area contributed by atoms with Gasteiger partial charge in [0.1, 0.15) is 0 Å². The van der Waals surface area contributed by atoms with Gasteiger partial charge in [-0.25, -0.2) is 4.68 Å². The zero-order chi connectivity index (χ0) is 13.7. The smallest absolute Gasteiger partial charge is 0.223 e. The number of amides is 1. The van der Waals surface area contributed by atoms with Gasteiger partial charge >= 0.3 is 0 Å². The molecule has 1 fully saturated rings. The highest BCUT2D eigenvalue weighted by Crippen LogP contribution is 2.27. The number of methoxy groups -OCH3 is 1. The van der Waals surface area contributed by atoms with E-state index in [1.165, 1.54) is 0 Å². The van der Waals surface area contributed by atoms with E-state index in [2.05, 4.69) is 10.3 Å². The van der Waals surface area contributed by atoms with Gasteiger partial charge in [-0.05, 0) is 12.8 Å². The Morgan fingerprint density at radius 1 is 1.63 bits per heavy atom. The van der Waals surface area contributed by atoms with E-state index in [0.29, 0.717) is 18.9 Å². The van der Waals surface area contributed by atoms with Crippen molar-refractivity contribution in [1.29, 1.82) is 0 Å². The van der Waals surface area contributed by atoms with Crippen molar-refractivity contribution < 1.29 is 14.3 Å². The second kappa shape index (κ2) is 6.63. The Hall–Kier alpha value is -1.47. The van der Waals surface area contributed by atoms with E-state index in [0.717, 1.165) is 31.7 Å². The van der Waals surface area contributed by atoms with Crippen LogP contribution in [-0.2, 0) is 27.2 Å². The van der Waals surface area contributed by atoms with Crippen LogP contribution in [0.15, 0.2) is 0 Å². The van der Waals surface area contributed by atoms with Crippen LogP contribution in [0.1, 0.15) is 30.1 Å². The molecule has 0 spiro atoms. The lowest BCUT2D eigenvalue weighted by atomic mass is 10.0. The topological polar surface area (TPSA) is 92.3 Å². The summed E-state index contributed by atoms with van der Waals surface area (Å²) in [6.45, 7) is 2.80. The zero-order valence-corrected chi connectivity index (χ0v) is 11.2. The molecule has 0 aromatic carbocycles. The Labute approximate surface area is 112 Å². The summed E-state index contributed by atoms with van der Waals surface area (Å²) >= 11 is 0. The number of ether oxygens (including phenoxy) is 2. The predicted octanol–water partition coefficient (Wildman–Crippen LogP) is -0.154. The molecule has 0 bridgehead atoms. The molecule has 7 heteroatoms. The van der Waals surface area contributed by atoms with Gasteiger partial charge in [-0.1, -0.05) is 5.21 Å². The lowest BCUT2D eigenvalue weighted by Gasteiger charge is -2.12. The minimum atomic E-state index is -0.385. The maximum Gasteiger partial charge on any atom is 0.223 e. The monoisotopic (exact) mass is 268 g/mol. The minimum absolute atomic E-state index is 0.135. The van der Waals surface area contributed by atoms with E-state index in [1.807, 2.05) is 4.68 Å². The van der Waals surface area contributed by atoms with Crippen molar-refractivity contribution in [3.63, 3.8) is 0 Å². The van der Waals surface area contributed by atoms with Crippen molar-refractivity contribution >= 4 is 5.91 Å². The van der Waals surface area contributed by atoms with Crippen molar-refractivity contribution in [1.82, 2.24) is 15.0 Å². The first-order chi connectivity index (χ1) is 9.22. The molecule has 1 aromatic heterocycles. The molecular weight excluding hydrogens is 248 g/mol. The molecule has 106 valence electrons. The Morgan fingerprint density at radius 2 is 2.47 bits per heavy atom. The summed E-state index contributed by atoms with van der Waals surface area (Å²) in [6.07, 6.45) is 1.93. The Balaban J connectivity index is 2.16. The molecule has 1 amide bonds. The molecule has 2 heterocycles. The van der Waals surface area contributed by atoms with Crippen molar-refractivity contribution in [2.75, 3.05) is 26.9 Å². The first kappa shape index (κ1) is 14.0. The van der Waals surface area contributed by atoms with Crippen LogP contribution in [0.2, 0.25) is 0 Å². The van der Waals surface area contributed by atoms with Crippen molar-refractivity contribution in [3.05, 3.63) is 11.4 Å². The van der Waals surface area contributed by atoms with Crippen LogP contribution in [0.5, 0.6) is 0 Å². The molecule has 0 aliphatic carbocycles. The van der Waals surface area contributed by atoms with Crippen molar-refractivity contribution in [2.45, 2.75) is 31.7 Å². The van der Waals surface area contributed by atoms with Crippen LogP contribution in [0.25, 0.3) is 0 Å². The van der Waals surface area contributed by atoms with Gasteiger partial charge in [0.25, 0.3) is 0 Å². The molecule has 0 saturated carbocycles. The molecule has 1 unspecified atom stereocenters. The second-order valence-corrected chi connectivity index (χ2v) is 4.69. The summed E-state index contributed by atoms with van der Waals surface area (Å²) in [5.41, 5.74) is 6.93. The summed E-state index contributed by atoms with van der Waals surface area (Å²) in [4.78, 5) is 11.1. The van der Waals surface area contributed by atoms with Gasteiger partial charge in [-0.2, -0.15) is 0 Å². The Kier molecular flexibility index (Phi) is 4.86. The Morgan fingerprint density at radius 3 is 3.11 bits per heavy atom. The predicted molar refractivity (Wildman–Crippen MR) is 67.6 cm³/mol. The molecule has 2 rings (SSSR count). The van der Waals surface area contributed by atoms with Crippen molar-refractivity contribution in [2.24, 2.45) is 5.73 Å². The SMILES string of the molecule is COCCCn1nnc(CC(N)=O)c1C1CCOC1. The van der Waals surface area contributed by atoms with E-state index in [4.69, 9.17) is 15.2 Å². The van der Waals surface area contributed by atoms with E-state index in [-0.39, 0.29) is 18.2 Å². The standard InChI is InChI=1S/C12H20N4O3/c1-18-5-2-4-16-12(9-3-6-19-8-9)10(14-15-16)7-11(13)17/h9H,2-8H2,1H3,(H2,13,17). The average molecular weight is 268 g/mol. The third-order valence-electron chi connectivity index (χ3n) is 3.22. The van der Waals surface area contributed by atoms with Crippen LogP contribution in [0.4, 0.5) is 0 Å². The number of nitrogens with two attached hydrogens (primary N) is 1. The first-order valence-electron chi connectivity index (χ1n) is 6.49. The zero-order valence-electron chi connectivity index (χ0n) is 11.2. The highest BCUT2D eigenvalue weighted by atomic mass is 16.5. The maximum atomic E-state index is 11.1. The molecule has 2 N–H and O–H groups in total. The van der Waals surface area contributed by atoms with Gasteiger partial charge in [0.15, 0.2) is 0 Å². The average Bonchev–Trinajstić information content (AvgIpc) is 2.98. The van der Waals surface area contributed by atoms with Gasteiger partial charge in [0, 0.05) is 32.8 Å². The molecule has 1 aliphatic heterocycles. The lowest BCUT2D eigenvalue weighted by molar-refractivity contribution is -0.117. The van der Waals surface area contributed by atoms with Gasteiger partial charge in [-0.15, -0.1) is 5.10 Å². The summed E-state index contributed by atoms with van der Waals surface area (Å²) < 4.78 is 12.3. The fraction of sp³-hybridized carbons (Fsp3) is 0.750. The molecular formula is C12H20N4O3. The number of nitrogens with zero attached hydrogens (tertiary/aromatic N) is 3. The summed E-state index contributed by atoms with van der Waals surface area (Å²) in [7, 11) is 1.67. The third kappa shape index (κ3) is 3.51. The minimum Gasteiger partial charge on any atom is -0.385 e. The number of aromatic nitrogens is 3. The summed E-state index contributed by atoms with van der Waals surface area (Å²) in [5, 5.41) is 8.23. The van der Waals surface area contributed by atoms with Crippen LogP contribution in [-0.4, -0.2) is 47.8 Å². The highest BCUT2D eigenvalue weighted by molar-refractivity contribution is 5.76. The fourth-order valence-electron chi connectivity index (χ4n) is 2.37. The van der Waals surface area contributed by atoms with E-state index in [1.54, 1.807) is 7.11 Å².